The number of nitrogens with two attached hydrogens (primary N) is 1. The number of nitrogens with zero attached hydrogens (tertiary/aromatic N) is 1. The van der Waals surface area contributed by atoms with Crippen molar-refractivity contribution < 1.29 is 18.0 Å². The Bertz CT molecular complexity index is 635. The average molecular weight is 254 g/mol. The lowest BCUT2D eigenvalue weighted by atomic mass is 10.0. The first-order valence-electron chi connectivity index (χ1n) is 5.08. The summed E-state index contributed by atoms with van der Waals surface area (Å²) in [4.78, 5) is 15.0. The van der Waals surface area contributed by atoms with E-state index in [0.717, 1.165) is 0 Å². The lowest BCUT2D eigenvalue weighted by Crippen LogP contribution is -2.19. The van der Waals surface area contributed by atoms with Crippen LogP contribution in [0.4, 0.5) is 13.2 Å². The molecule has 0 aliphatic carbocycles. The van der Waals surface area contributed by atoms with Crippen LogP contribution in [-0.4, -0.2) is 10.9 Å². The second kappa shape index (κ2) is 3.97. The molecule has 0 atom stereocenters. The predicted octanol–water partition coefficient (Wildman–Crippen LogP) is 2.66. The molecule has 0 radical (unpaired) electrons. The first-order valence-corrected chi connectivity index (χ1v) is 5.08. The number of benzene rings is 1. The molecule has 3 nitrogen and oxygen atoms in total. The summed E-state index contributed by atoms with van der Waals surface area (Å²) in [5, 5.41) is -0.0347. The molecule has 0 aliphatic heterocycles. The number of fused-ring (bicyclic) bond motifs is 1. The molecule has 1 aromatic carbocycles. The highest BCUT2D eigenvalue weighted by molar-refractivity contribution is 5.97. The van der Waals surface area contributed by atoms with Gasteiger partial charge >= 0.3 is 6.18 Å². The highest BCUT2D eigenvalue weighted by atomic mass is 19.4. The SMILES string of the molecule is Cc1c(C(N)=O)nc2ccccc2c1C(F)(F)F. The van der Waals surface area contributed by atoms with E-state index in [-0.39, 0.29) is 22.2 Å². The van der Waals surface area contributed by atoms with Gasteiger partial charge in [0.2, 0.25) is 0 Å². The van der Waals surface area contributed by atoms with Crippen LogP contribution in [0, 0.1) is 6.92 Å². The molecule has 2 N–H and O–H groups in total. The number of halogens is 3. The summed E-state index contributed by atoms with van der Waals surface area (Å²) in [6.07, 6.45) is -4.56. The topological polar surface area (TPSA) is 56.0 Å². The van der Waals surface area contributed by atoms with Gasteiger partial charge in [0.25, 0.3) is 5.91 Å². The van der Waals surface area contributed by atoms with E-state index in [1.165, 1.54) is 25.1 Å². The summed E-state index contributed by atoms with van der Waals surface area (Å²) in [7, 11) is 0. The first kappa shape index (κ1) is 12.3. The largest absolute Gasteiger partial charge is 0.417 e. The summed E-state index contributed by atoms with van der Waals surface area (Å²) < 4.78 is 39.1. The molecular weight excluding hydrogens is 245 g/mol. The predicted molar refractivity (Wildman–Crippen MR) is 60.0 cm³/mol. The van der Waals surface area contributed by atoms with Gasteiger partial charge in [-0.15, -0.1) is 0 Å². The zero-order chi connectivity index (χ0) is 13.5. The lowest BCUT2D eigenvalue weighted by Gasteiger charge is -2.15. The Morgan fingerprint density at radius 2 is 1.89 bits per heavy atom. The molecule has 0 fully saturated rings. The number of carbonyl (C=O) groups is 1. The Balaban J connectivity index is 2.95. The van der Waals surface area contributed by atoms with Crippen molar-refractivity contribution in [3.63, 3.8) is 0 Å². The van der Waals surface area contributed by atoms with Crippen molar-refractivity contribution in [1.82, 2.24) is 4.98 Å². The van der Waals surface area contributed by atoms with Gasteiger partial charge in [-0.25, -0.2) is 4.98 Å². The van der Waals surface area contributed by atoms with Crippen LogP contribution in [0.15, 0.2) is 24.3 Å². The fraction of sp³-hybridized carbons (Fsp3) is 0.167. The van der Waals surface area contributed by atoms with Crippen molar-refractivity contribution in [3.8, 4) is 0 Å². The smallest absolute Gasteiger partial charge is 0.364 e. The number of amides is 1. The Morgan fingerprint density at radius 1 is 1.28 bits per heavy atom. The third kappa shape index (κ3) is 1.90. The van der Waals surface area contributed by atoms with Gasteiger partial charge in [0.15, 0.2) is 0 Å². The Labute approximate surface area is 100 Å². The second-order valence-electron chi connectivity index (χ2n) is 3.84. The summed E-state index contributed by atoms with van der Waals surface area (Å²) in [6.45, 7) is 1.20. The third-order valence-electron chi connectivity index (χ3n) is 2.65. The molecule has 0 spiro atoms. The summed E-state index contributed by atoms with van der Waals surface area (Å²) >= 11 is 0. The van der Waals surface area contributed by atoms with Gasteiger partial charge in [-0.2, -0.15) is 13.2 Å². The molecule has 0 aliphatic rings. The van der Waals surface area contributed by atoms with Crippen molar-refractivity contribution >= 4 is 16.8 Å². The van der Waals surface area contributed by atoms with Crippen molar-refractivity contribution in [2.24, 2.45) is 5.73 Å². The van der Waals surface area contributed by atoms with Gasteiger partial charge in [-0.3, -0.25) is 4.79 Å². The normalized spacial score (nSPS) is 11.8. The van der Waals surface area contributed by atoms with Crippen LogP contribution in [0.3, 0.4) is 0 Å². The fourth-order valence-electron chi connectivity index (χ4n) is 1.91. The molecule has 1 aromatic heterocycles. The highest BCUT2D eigenvalue weighted by Gasteiger charge is 2.36. The van der Waals surface area contributed by atoms with E-state index in [0.29, 0.717) is 0 Å². The van der Waals surface area contributed by atoms with Crippen molar-refractivity contribution in [2.75, 3.05) is 0 Å². The van der Waals surface area contributed by atoms with Gasteiger partial charge < -0.3 is 5.73 Å². The molecule has 6 heteroatoms. The highest BCUT2D eigenvalue weighted by Crippen LogP contribution is 2.37. The average Bonchev–Trinajstić information content (AvgIpc) is 2.25. The van der Waals surface area contributed by atoms with E-state index in [2.05, 4.69) is 4.98 Å². The van der Waals surface area contributed by atoms with Gasteiger partial charge in [0, 0.05) is 5.39 Å². The van der Waals surface area contributed by atoms with E-state index in [9.17, 15) is 18.0 Å². The molecule has 18 heavy (non-hydrogen) atoms. The minimum Gasteiger partial charge on any atom is -0.364 e. The number of hydrogen-bond acceptors (Lipinski definition) is 2. The van der Waals surface area contributed by atoms with Crippen molar-refractivity contribution in [2.45, 2.75) is 13.1 Å². The van der Waals surface area contributed by atoms with E-state index in [4.69, 9.17) is 5.73 Å². The zero-order valence-electron chi connectivity index (χ0n) is 9.38. The second-order valence-corrected chi connectivity index (χ2v) is 3.84. The zero-order valence-corrected chi connectivity index (χ0v) is 9.38. The van der Waals surface area contributed by atoms with Crippen LogP contribution in [0.5, 0.6) is 0 Å². The maximum atomic E-state index is 13.0. The number of aromatic nitrogens is 1. The molecule has 2 aromatic rings. The molecule has 1 amide bonds. The van der Waals surface area contributed by atoms with Gasteiger partial charge in [0.1, 0.15) is 5.69 Å². The number of alkyl halides is 3. The number of para-hydroxylation sites is 1. The van der Waals surface area contributed by atoms with E-state index < -0.39 is 17.6 Å². The molecule has 0 saturated carbocycles. The number of rotatable bonds is 1. The molecule has 1 heterocycles. The van der Waals surface area contributed by atoms with E-state index >= 15 is 0 Å². The van der Waals surface area contributed by atoms with Crippen LogP contribution in [-0.2, 0) is 6.18 Å². The number of pyridine rings is 1. The third-order valence-corrected chi connectivity index (χ3v) is 2.65. The Kier molecular flexibility index (Phi) is 2.73. The van der Waals surface area contributed by atoms with E-state index in [1.807, 2.05) is 0 Å². The van der Waals surface area contributed by atoms with Crippen LogP contribution in [0.1, 0.15) is 21.6 Å². The monoisotopic (exact) mass is 254 g/mol. The standard InChI is InChI=1S/C12H9F3N2O/c1-6-9(12(13,14)15)7-4-2-3-5-8(7)17-10(6)11(16)18/h2-5H,1H3,(H2,16,18). The van der Waals surface area contributed by atoms with Crippen LogP contribution >= 0.6 is 0 Å². The maximum absolute atomic E-state index is 13.0. The van der Waals surface area contributed by atoms with Crippen molar-refractivity contribution in [3.05, 3.63) is 41.1 Å². The van der Waals surface area contributed by atoms with Gasteiger partial charge in [0.05, 0.1) is 11.1 Å². The van der Waals surface area contributed by atoms with Crippen LogP contribution in [0.2, 0.25) is 0 Å². The summed E-state index contributed by atoms with van der Waals surface area (Å²) in [6, 6.07) is 5.78. The van der Waals surface area contributed by atoms with Crippen LogP contribution < -0.4 is 5.73 Å². The Morgan fingerprint density at radius 3 is 2.44 bits per heavy atom. The molecule has 0 bridgehead atoms. The molecule has 0 unspecified atom stereocenters. The molecule has 94 valence electrons. The minimum absolute atomic E-state index is 0.0347. The van der Waals surface area contributed by atoms with Crippen LogP contribution in [0.25, 0.3) is 10.9 Å². The Hall–Kier alpha value is -2.11. The summed E-state index contributed by atoms with van der Waals surface area (Å²) in [5.74, 6) is -0.969. The number of primary amides is 1. The first-order chi connectivity index (χ1) is 8.32. The maximum Gasteiger partial charge on any atom is 0.417 e. The quantitative estimate of drug-likeness (QED) is 0.850. The van der Waals surface area contributed by atoms with Gasteiger partial charge in [-0.05, 0) is 18.6 Å². The number of hydrogen-bond donors (Lipinski definition) is 1. The van der Waals surface area contributed by atoms with Gasteiger partial charge in [-0.1, -0.05) is 18.2 Å². The number of carbonyl (C=O) groups excluding carboxylic acids is 1. The molecule has 2 rings (SSSR count). The fourth-order valence-corrected chi connectivity index (χ4v) is 1.91. The van der Waals surface area contributed by atoms with E-state index in [1.54, 1.807) is 6.07 Å². The molecular formula is C12H9F3N2O. The lowest BCUT2D eigenvalue weighted by molar-refractivity contribution is -0.136. The molecule has 0 saturated heterocycles. The summed E-state index contributed by atoms with van der Waals surface area (Å²) in [5.41, 5.74) is 3.70. The minimum atomic E-state index is -4.56. The van der Waals surface area contributed by atoms with Crippen molar-refractivity contribution in [1.29, 1.82) is 0 Å².